The SMILES string of the molecule is CN(Cc1ccc(-c2ncn(-c3ccc(OC(F)(F)F)cc3)n2)cc1)/N=C1\SCC(=O)N1c1cccc(N(C)C)c1. The van der Waals surface area contributed by atoms with Crippen LogP contribution in [0.25, 0.3) is 17.1 Å². The van der Waals surface area contributed by atoms with Gasteiger partial charge in [0.15, 0.2) is 11.0 Å². The molecule has 13 heteroatoms. The lowest BCUT2D eigenvalue weighted by atomic mass is 10.1. The minimum atomic E-state index is -4.75. The van der Waals surface area contributed by atoms with E-state index in [0.29, 0.717) is 29.0 Å². The van der Waals surface area contributed by atoms with Crippen molar-refractivity contribution in [2.24, 2.45) is 5.10 Å². The number of carbonyl (C=O) groups is 1. The summed E-state index contributed by atoms with van der Waals surface area (Å²) in [5.41, 5.74) is 4.09. The van der Waals surface area contributed by atoms with E-state index in [1.165, 1.54) is 47.0 Å². The first-order chi connectivity index (χ1) is 19.6. The Morgan fingerprint density at radius 1 is 1.00 bits per heavy atom. The summed E-state index contributed by atoms with van der Waals surface area (Å²) in [7, 11) is 5.76. The summed E-state index contributed by atoms with van der Waals surface area (Å²) in [5.74, 6) is 0.479. The number of anilines is 2. The average molecular weight is 582 g/mol. The lowest BCUT2D eigenvalue weighted by Crippen LogP contribution is -2.31. The molecule has 41 heavy (non-hydrogen) atoms. The molecule has 0 spiro atoms. The minimum Gasteiger partial charge on any atom is -0.406 e. The Labute approximate surface area is 238 Å². The van der Waals surface area contributed by atoms with Gasteiger partial charge in [-0.25, -0.2) is 9.67 Å². The van der Waals surface area contributed by atoms with Gasteiger partial charge in [-0.15, -0.1) is 18.3 Å². The Morgan fingerprint density at radius 3 is 2.41 bits per heavy atom. The molecule has 212 valence electrons. The zero-order chi connectivity index (χ0) is 29.1. The van der Waals surface area contributed by atoms with E-state index in [9.17, 15) is 18.0 Å². The van der Waals surface area contributed by atoms with Crippen LogP contribution in [0.5, 0.6) is 5.75 Å². The summed E-state index contributed by atoms with van der Waals surface area (Å²) >= 11 is 1.41. The number of amidine groups is 1. The van der Waals surface area contributed by atoms with Gasteiger partial charge in [-0.1, -0.05) is 42.1 Å². The first-order valence-corrected chi connectivity index (χ1v) is 13.4. The van der Waals surface area contributed by atoms with Crippen LogP contribution in [0.2, 0.25) is 0 Å². The quantitative estimate of drug-likeness (QED) is 0.259. The number of hydrogen-bond donors (Lipinski definition) is 0. The number of halogens is 3. The molecular formula is C28H26F3N7O2S. The van der Waals surface area contributed by atoms with Gasteiger partial charge in [0.2, 0.25) is 5.91 Å². The zero-order valence-electron chi connectivity index (χ0n) is 22.4. The minimum absolute atomic E-state index is 0.0140. The van der Waals surface area contributed by atoms with Gasteiger partial charge in [-0.2, -0.15) is 5.10 Å². The number of rotatable bonds is 8. The normalized spacial score (nSPS) is 14.5. The smallest absolute Gasteiger partial charge is 0.406 e. The molecule has 4 aromatic rings. The summed E-state index contributed by atoms with van der Waals surface area (Å²) in [6.07, 6.45) is -3.25. The highest BCUT2D eigenvalue weighted by atomic mass is 32.2. The van der Waals surface area contributed by atoms with Gasteiger partial charge in [0, 0.05) is 32.4 Å². The Kier molecular flexibility index (Phi) is 7.88. The maximum Gasteiger partial charge on any atom is 0.573 e. The van der Waals surface area contributed by atoms with Crippen molar-refractivity contribution in [1.82, 2.24) is 19.8 Å². The van der Waals surface area contributed by atoms with Crippen molar-refractivity contribution in [3.05, 3.63) is 84.7 Å². The van der Waals surface area contributed by atoms with Gasteiger partial charge in [-0.05, 0) is 48.0 Å². The van der Waals surface area contributed by atoms with Crippen LogP contribution < -0.4 is 14.5 Å². The topological polar surface area (TPSA) is 79.1 Å². The fourth-order valence-corrected chi connectivity index (χ4v) is 5.04. The summed E-state index contributed by atoms with van der Waals surface area (Å²) in [5, 5.41) is 11.6. The van der Waals surface area contributed by atoms with E-state index in [1.807, 2.05) is 74.6 Å². The molecule has 0 atom stereocenters. The third-order valence-corrected chi connectivity index (χ3v) is 6.99. The van der Waals surface area contributed by atoms with Crippen LogP contribution in [-0.2, 0) is 11.3 Å². The maximum atomic E-state index is 12.7. The number of benzene rings is 3. The third kappa shape index (κ3) is 6.80. The van der Waals surface area contributed by atoms with E-state index in [-0.39, 0.29) is 11.7 Å². The summed E-state index contributed by atoms with van der Waals surface area (Å²) in [4.78, 5) is 20.6. The number of aromatic nitrogens is 3. The average Bonchev–Trinajstić information content (AvgIpc) is 3.56. The van der Waals surface area contributed by atoms with Gasteiger partial charge in [-0.3, -0.25) is 14.7 Å². The second-order valence-electron chi connectivity index (χ2n) is 9.38. The Morgan fingerprint density at radius 2 is 1.73 bits per heavy atom. The van der Waals surface area contributed by atoms with Crippen LogP contribution in [0.1, 0.15) is 5.56 Å². The van der Waals surface area contributed by atoms with E-state index < -0.39 is 6.36 Å². The number of ether oxygens (including phenoxy) is 1. The van der Waals surface area contributed by atoms with Gasteiger partial charge in [0.25, 0.3) is 0 Å². The second-order valence-corrected chi connectivity index (χ2v) is 10.3. The predicted molar refractivity (Wildman–Crippen MR) is 153 cm³/mol. The number of hydrogen-bond acceptors (Lipinski definition) is 8. The second kappa shape index (κ2) is 11.5. The predicted octanol–water partition coefficient (Wildman–Crippen LogP) is 5.38. The van der Waals surface area contributed by atoms with Crippen LogP contribution in [0.3, 0.4) is 0 Å². The molecule has 3 aromatic carbocycles. The fraction of sp³-hybridized carbons (Fsp3) is 0.214. The first kappa shape index (κ1) is 28.0. The van der Waals surface area contributed by atoms with Crippen molar-refractivity contribution in [2.45, 2.75) is 12.9 Å². The Bertz CT molecular complexity index is 1550. The molecule has 0 radical (unpaired) electrons. The maximum absolute atomic E-state index is 12.7. The van der Waals surface area contributed by atoms with Gasteiger partial charge in [0.05, 0.1) is 23.7 Å². The summed E-state index contributed by atoms with van der Waals surface area (Å²) < 4.78 is 42.6. The van der Waals surface area contributed by atoms with Crippen molar-refractivity contribution in [3.63, 3.8) is 0 Å². The molecule has 1 aliphatic rings. The van der Waals surface area contributed by atoms with Crippen LogP contribution >= 0.6 is 11.8 Å². The zero-order valence-corrected chi connectivity index (χ0v) is 23.2. The molecule has 0 aliphatic carbocycles. The van der Waals surface area contributed by atoms with Crippen molar-refractivity contribution < 1.29 is 22.7 Å². The molecule has 0 bridgehead atoms. The van der Waals surface area contributed by atoms with E-state index >= 15 is 0 Å². The van der Waals surface area contributed by atoms with Gasteiger partial charge < -0.3 is 9.64 Å². The van der Waals surface area contributed by atoms with Crippen LogP contribution in [0.15, 0.2) is 84.2 Å². The number of alkyl halides is 3. The Balaban J connectivity index is 1.25. The van der Waals surface area contributed by atoms with E-state index in [0.717, 1.165) is 22.5 Å². The number of carbonyl (C=O) groups excluding carboxylic acids is 1. The summed E-state index contributed by atoms with van der Waals surface area (Å²) in [6.45, 7) is 0.512. The highest BCUT2D eigenvalue weighted by Crippen LogP contribution is 2.30. The molecule has 1 fully saturated rings. The number of hydrazone groups is 1. The highest BCUT2D eigenvalue weighted by molar-refractivity contribution is 8.15. The van der Waals surface area contributed by atoms with Crippen molar-refractivity contribution in [3.8, 4) is 22.8 Å². The van der Waals surface area contributed by atoms with Gasteiger partial charge >= 0.3 is 6.36 Å². The monoisotopic (exact) mass is 581 g/mol. The lowest BCUT2D eigenvalue weighted by molar-refractivity contribution is -0.274. The molecule has 0 saturated carbocycles. The van der Waals surface area contributed by atoms with E-state index in [1.54, 1.807) is 9.91 Å². The highest BCUT2D eigenvalue weighted by Gasteiger charge is 2.31. The molecule has 1 saturated heterocycles. The molecule has 1 aromatic heterocycles. The molecular weight excluding hydrogens is 555 g/mol. The fourth-order valence-electron chi connectivity index (χ4n) is 4.13. The molecule has 5 rings (SSSR count). The summed E-state index contributed by atoms with van der Waals surface area (Å²) in [6, 6.07) is 20.8. The number of thioether (sulfide) groups is 1. The molecule has 9 nitrogen and oxygen atoms in total. The number of amides is 1. The van der Waals surface area contributed by atoms with Gasteiger partial charge in [0.1, 0.15) is 12.1 Å². The Hall–Kier alpha value is -4.52. The van der Waals surface area contributed by atoms with E-state index in [2.05, 4.69) is 14.8 Å². The lowest BCUT2D eigenvalue weighted by Gasteiger charge is -2.21. The number of nitrogens with zero attached hydrogens (tertiary/aromatic N) is 7. The van der Waals surface area contributed by atoms with Crippen LogP contribution in [-0.4, -0.2) is 64.1 Å². The standard InChI is InChI=1S/C28H26F3N7O2S/c1-35(2)22-5-4-6-23(15-22)38-25(39)17-41-27(38)34-36(3)16-19-7-9-20(10-8-19)26-32-18-37(33-26)21-11-13-24(14-12-21)40-28(29,30)31/h4-15,18H,16-17H2,1-3H3/b34-27-. The van der Waals surface area contributed by atoms with Crippen molar-refractivity contribution in [2.75, 3.05) is 36.7 Å². The van der Waals surface area contributed by atoms with Crippen molar-refractivity contribution >= 4 is 34.2 Å². The van der Waals surface area contributed by atoms with Crippen molar-refractivity contribution in [1.29, 1.82) is 0 Å². The largest absolute Gasteiger partial charge is 0.573 e. The molecule has 2 heterocycles. The third-order valence-electron chi connectivity index (χ3n) is 6.08. The first-order valence-electron chi connectivity index (χ1n) is 12.5. The molecule has 0 N–H and O–H groups in total. The van der Waals surface area contributed by atoms with Crippen LogP contribution in [0.4, 0.5) is 24.5 Å². The van der Waals surface area contributed by atoms with E-state index in [4.69, 9.17) is 5.10 Å². The van der Waals surface area contributed by atoms with Crippen LogP contribution in [0, 0.1) is 0 Å². The molecule has 1 amide bonds. The molecule has 1 aliphatic heterocycles. The molecule has 0 unspecified atom stereocenters.